The van der Waals surface area contributed by atoms with Gasteiger partial charge in [-0.25, -0.2) is 4.98 Å². The summed E-state index contributed by atoms with van der Waals surface area (Å²) < 4.78 is 5.39. The number of oxime groups is 1. The molecule has 0 unspecified atom stereocenters. The van der Waals surface area contributed by atoms with Crippen molar-refractivity contribution in [2.45, 2.75) is 19.4 Å². The Bertz CT molecular complexity index is 1290. The van der Waals surface area contributed by atoms with Crippen LogP contribution in [0, 0.1) is 0 Å². The normalized spacial score (nSPS) is 19.5. The lowest BCUT2D eigenvalue weighted by atomic mass is 10.00. The molecule has 2 aliphatic rings. The van der Waals surface area contributed by atoms with E-state index in [0.29, 0.717) is 38.2 Å². The summed E-state index contributed by atoms with van der Waals surface area (Å²) in [5.74, 6) is -0.0949. The van der Waals surface area contributed by atoms with Crippen LogP contribution in [-0.2, 0) is 16.0 Å². The van der Waals surface area contributed by atoms with Crippen LogP contribution < -0.4 is 0 Å². The first-order valence-corrected chi connectivity index (χ1v) is 14.1. The molecule has 0 radical (unpaired) electrons. The summed E-state index contributed by atoms with van der Waals surface area (Å²) in [6, 6.07) is 11.3. The topological polar surface area (TPSA) is 86.3 Å². The van der Waals surface area contributed by atoms with Crippen LogP contribution in [0.25, 0.3) is 10.9 Å². The quantitative estimate of drug-likeness (QED) is 0.181. The Morgan fingerprint density at radius 1 is 1.13 bits per heavy atom. The Morgan fingerprint density at radius 3 is 2.69 bits per heavy atom. The van der Waals surface area contributed by atoms with Gasteiger partial charge in [-0.1, -0.05) is 46.6 Å². The van der Waals surface area contributed by atoms with Crippen molar-refractivity contribution in [3.63, 3.8) is 0 Å². The predicted octanol–water partition coefficient (Wildman–Crippen LogP) is 3.96. The van der Waals surface area contributed by atoms with Gasteiger partial charge in [0.05, 0.1) is 18.9 Å². The van der Waals surface area contributed by atoms with Crippen molar-refractivity contribution < 1.29 is 14.4 Å². The number of fused-ring (bicyclic) bond motifs is 1. The molecule has 0 spiro atoms. The van der Waals surface area contributed by atoms with E-state index in [0.717, 1.165) is 50.6 Å². The monoisotopic (exact) mass is 572 g/mol. The largest absolute Gasteiger partial charge is 0.394 e. The Balaban J connectivity index is 1.26. The summed E-state index contributed by atoms with van der Waals surface area (Å²) in [6.45, 7) is 9.50. The van der Waals surface area contributed by atoms with Crippen molar-refractivity contribution >= 4 is 45.7 Å². The first kappa shape index (κ1) is 27.9. The molecule has 2 aliphatic heterocycles. The number of piperazine rings is 1. The highest BCUT2D eigenvalue weighted by molar-refractivity contribution is 6.33. The van der Waals surface area contributed by atoms with Crippen LogP contribution >= 0.6 is 23.2 Å². The van der Waals surface area contributed by atoms with Crippen LogP contribution in [0.2, 0.25) is 10.3 Å². The number of aromatic nitrogens is 2. The number of aromatic amines is 1. The number of nitrogens with zero attached hydrogens (tertiary/aromatic N) is 5. The van der Waals surface area contributed by atoms with E-state index >= 15 is 0 Å². The smallest absolute Gasteiger partial charge is 0.254 e. The molecule has 39 heavy (non-hydrogen) atoms. The van der Waals surface area contributed by atoms with Crippen molar-refractivity contribution in [3.8, 4) is 0 Å². The van der Waals surface area contributed by atoms with Crippen molar-refractivity contribution in [1.82, 2.24) is 24.7 Å². The number of halogens is 2. The van der Waals surface area contributed by atoms with E-state index < -0.39 is 0 Å². The molecule has 0 bridgehead atoms. The van der Waals surface area contributed by atoms with E-state index in [-0.39, 0.29) is 22.3 Å². The Kier molecular flexibility index (Phi) is 9.36. The zero-order chi connectivity index (χ0) is 27.2. The Hall–Kier alpha value is -2.69. The highest BCUT2D eigenvalue weighted by Crippen LogP contribution is 2.25. The third-order valence-corrected chi connectivity index (χ3v) is 7.63. The lowest BCUT2D eigenvalue weighted by Crippen LogP contribution is -2.56. The van der Waals surface area contributed by atoms with Gasteiger partial charge in [0.1, 0.15) is 16.9 Å². The zero-order valence-corrected chi connectivity index (χ0v) is 23.6. The molecule has 4 heterocycles. The van der Waals surface area contributed by atoms with Gasteiger partial charge >= 0.3 is 0 Å². The minimum absolute atomic E-state index is 0.0498. The maximum atomic E-state index is 13.6. The number of amides is 1. The number of morpholine rings is 1. The lowest BCUT2D eigenvalue weighted by molar-refractivity contribution is 0.0209. The molecule has 5 rings (SSSR count). The molecule has 0 saturated carbocycles. The standard InChI is InChI=1S/C28H34Cl2N6O3/c1-20(33-39-13-10-34-8-11-38-12-9-34)18-35-6-7-36(28(37)21-15-26(29)32-27(30)16-21)23(19-35)14-22-17-31-25-5-3-2-4-24(22)25/h2-5,15-17,23,31H,6-14,18-19H2,1H3/t23-/m1/s1. The number of para-hydroxylation sites is 1. The van der Waals surface area contributed by atoms with Gasteiger partial charge in [0.15, 0.2) is 0 Å². The summed E-state index contributed by atoms with van der Waals surface area (Å²) in [5.41, 5.74) is 3.62. The molecule has 2 fully saturated rings. The van der Waals surface area contributed by atoms with Crippen molar-refractivity contribution in [3.05, 3.63) is 64.0 Å². The summed E-state index contributed by atoms with van der Waals surface area (Å²) in [5, 5.41) is 5.94. The second-order valence-electron chi connectivity index (χ2n) is 10.1. The van der Waals surface area contributed by atoms with Gasteiger partial charge in [-0.2, -0.15) is 0 Å². The van der Waals surface area contributed by atoms with Gasteiger partial charge in [0, 0.05) is 74.5 Å². The first-order valence-electron chi connectivity index (χ1n) is 13.3. The third-order valence-electron chi connectivity index (χ3n) is 7.24. The molecule has 1 atom stereocenters. The maximum Gasteiger partial charge on any atom is 0.254 e. The van der Waals surface area contributed by atoms with E-state index in [1.807, 2.05) is 30.2 Å². The minimum atomic E-state index is -0.0949. The van der Waals surface area contributed by atoms with Crippen LogP contribution in [0.5, 0.6) is 0 Å². The number of rotatable bonds is 9. The van der Waals surface area contributed by atoms with Crippen molar-refractivity contribution in [1.29, 1.82) is 0 Å². The number of H-pyrrole nitrogens is 1. The highest BCUT2D eigenvalue weighted by Gasteiger charge is 2.32. The number of nitrogens with one attached hydrogen (secondary N) is 1. The number of carbonyl (C=O) groups is 1. The summed E-state index contributed by atoms with van der Waals surface area (Å²) in [7, 11) is 0. The molecular formula is C28H34Cl2N6O3. The molecule has 208 valence electrons. The average Bonchev–Trinajstić information content (AvgIpc) is 3.34. The van der Waals surface area contributed by atoms with E-state index in [1.54, 1.807) is 12.1 Å². The molecule has 3 aromatic rings. The number of hydrogen-bond acceptors (Lipinski definition) is 7. The maximum absolute atomic E-state index is 13.6. The molecule has 1 amide bonds. The number of ether oxygens (including phenoxy) is 1. The zero-order valence-electron chi connectivity index (χ0n) is 22.1. The van der Waals surface area contributed by atoms with Gasteiger partial charge in [-0.3, -0.25) is 14.6 Å². The lowest BCUT2D eigenvalue weighted by Gasteiger charge is -2.41. The van der Waals surface area contributed by atoms with Crippen LogP contribution in [0.1, 0.15) is 22.8 Å². The van der Waals surface area contributed by atoms with E-state index in [9.17, 15) is 4.79 Å². The molecule has 0 aliphatic carbocycles. The van der Waals surface area contributed by atoms with Crippen LogP contribution in [-0.4, -0.2) is 108 Å². The van der Waals surface area contributed by atoms with Crippen LogP contribution in [0.15, 0.2) is 47.8 Å². The molecule has 2 aromatic heterocycles. The number of hydrogen-bond donors (Lipinski definition) is 1. The summed E-state index contributed by atoms with van der Waals surface area (Å²) in [4.78, 5) is 33.2. The highest BCUT2D eigenvalue weighted by atomic mass is 35.5. The average molecular weight is 574 g/mol. The van der Waals surface area contributed by atoms with Crippen LogP contribution in [0.4, 0.5) is 0 Å². The van der Waals surface area contributed by atoms with Gasteiger partial charge in [-0.15, -0.1) is 0 Å². The fourth-order valence-electron chi connectivity index (χ4n) is 5.32. The van der Waals surface area contributed by atoms with E-state index in [2.05, 4.69) is 37.1 Å². The van der Waals surface area contributed by atoms with Gasteiger partial charge in [0.2, 0.25) is 0 Å². The van der Waals surface area contributed by atoms with Gasteiger partial charge in [0.25, 0.3) is 5.91 Å². The van der Waals surface area contributed by atoms with E-state index in [1.165, 1.54) is 10.9 Å². The second-order valence-corrected chi connectivity index (χ2v) is 10.8. The number of carbonyl (C=O) groups excluding carboxylic acids is 1. The predicted molar refractivity (Wildman–Crippen MR) is 154 cm³/mol. The van der Waals surface area contributed by atoms with Crippen molar-refractivity contribution in [2.24, 2.45) is 5.16 Å². The fraction of sp³-hybridized carbons (Fsp3) is 0.464. The third kappa shape index (κ3) is 7.29. The van der Waals surface area contributed by atoms with Gasteiger partial charge in [-0.05, 0) is 37.1 Å². The Morgan fingerprint density at radius 2 is 1.90 bits per heavy atom. The van der Waals surface area contributed by atoms with E-state index in [4.69, 9.17) is 32.8 Å². The molecule has 11 heteroatoms. The minimum Gasteiger partial charge on any atom is -0.394 e. The number of pyridine rings is 1. The number of benzene rings is 1. The molecule has 1 aromatic carbocycles. The molecule has 9 nitrogen and oxygen atoms in total. The van der Waals surface area contributed by atoms with Gasteiger partial charge < -0.3 is 19.5 Å². The van der Waals surface area contributed by atoms with Crippen molar-refractivity contribution in [2.75, 3.05) is 65.6 Å². The Labute approximate surface area is 238 Å². The van der Waals surface area contributed by atoms with Crippen LogP contribution in [0.3, 0.4) is 0 Å². The SMILES string of the molecule is CC(CN1CCN(C(=O)c2cc(Cl)nc(Cl)c2)[C@H](Cc2c[nH]c3ccccc23)C1)=NOCCN1CCOCC1. The first-order chi connectivity index (χ1) is 19.0. The fourth-order valence-corrected chi connectivity index (χ4v) is 5.78. The molecule has 1 N–H and O–H groups in total. The summed E-state index contributed by atoms with van der Waals surface area (Å²) >= 11 is 12.2. The summed E-state index contributed by atoms with van der Waals surface area (Å²) in [6.07, 6.45) is 2.76. The molecule has 2 saturated heterocycles. The second kappa shape index (κ2) is 13.1. The molecular weight excluding hydrogens is 539 g/mol.